The van der Waals surface area contributed by atoms with E-state index in [1.807, 2.05) is 85.8 Å². The highest BCUT2D eigenvalue weighted by atomic mass is 16.5. The third-order valence-corrected chi connectivity index (χ3v) is 8.41. The number of nitrogens with zero attached hydrogens (tertiary/aromatic N) is 2. The highest BCUT2D eigenvalue weighted by Crippen LogP contribution is 2.40. The molecule has 7 nitrogen and oxygen atoms in total. The molecular weight excluding hydrogens is 576 g/mol. The smallest absolute Gasteiger partial charge is 0.295 e. The molecule has 0 spiro atoms. The van der Waals surface area contributed by atoms with E-state index in [1.165, 1.54) is 5.56 Å². The summed E-state index contributed by atoms with van der Waals surface area (Å²) in [5.41, 5.74) is 4.55. The summed E-state index contributed by atoms with van der Waals surface area (Å²) in [6.07, 6.45) is 0.705. The Balaban J connectivity index is 1.39. The number of aryl methyl sites for hydroxylation is 1. The molecule has 7 heteroatoms. The van der Waals surface area contributed by atoms with Crippen LogP contribution in [0.5, 0.6) is 11.5 Å². The molecule has 0 bridgehead atoms. The molecule has 0 radical (unpaired) electrons. The maximum Gasteiger partial charge on any atom is 0.295 e. The van der Waals surface area contributed by atoms with Gasteiger partial charge in [0.1, 0.15) is 30.5 Å². The van der Waals surface area contributed by atoms with Crippen molar-refractivity contribution in [2.45, 2.75) is 46.4 Å². The van der Waals surface area contributed by atoms with E-state index in [1.54, 1.807) is 29.2 Å². The van der Waals surface area contributed by atoms with Crippen LogP contribution in [0, 0.1) is 6.92 Å². The Morgan fingerprint density at radius 3 is 1.91 bits per heavy atom. The third-order valence-electron chi connectivity index (χ3n) is 8.41. The van der Waals surface area contributed by atoms with E-state index in [0.717, 1.165) is 36.3 Å². The Morgan fingerprint density at radius 2 is 1.33 bits per heavy atom. The Kier molecular flexibility index (Phi) is 10.9. The van der Waals surface area contributed by atoms with E-state index in [0.29, 0.717) is 43.2 Å². The van der Waals surface area contributed by atoms with Gasteiger partial charge in [-0.1, -0.05) is 86.1 Å². The first-order chi connectivity index (χ1) is 22.4. The lowest BCUT2D eigenvalue weighted by Crippen LogP contribution is -2.33. The molecule has 1 amide bonds. The number of ether oxygens (including phenoxy) is 2. The predicted octanol–water partition coefficient (Wildman–Crippen LogP) is 7.31. The van der Waals surface area contributed by atoms with E-state index in [4.69, 9.17) is 9.47 Å². The van der Waals surface area contributed by atoms with Crippen molar-refractivity contribution in [3.63, 3.8) is 0 Å². The maximum atomic E-state index is 13.5. The summed E-state index contributed by atoms with van der Waals surface area (Å²) in [7, 11) is 0. The number of benzene rings is 4. The first kappa shape index (κ1) is 32.5. The van der Waals surface area contributed by atoms with Gasteiger partial charge in [0, 0.05) is 12.1 Å². The molecule has 1 N–H and O–H groups in total. The van der Waals surface area contributed by atoms with E-state index < -0.39 is 17.7 Å². The lowest BCUT2D eigenvalue weighted by Gasteiger charge is -2.27. The molecule has 238 valence electrons. The summed E-state index contributed by atoms with van der Waals surface area (Å²) in [6.45, 7) is 10.1. The monoisotopic (exact) mass is 618 g/mol. The molecule has 4 aromatic carbocycles. The summed E-state index contributed by atoms with van der Waals surface area (Å²) in [4.78, 5) is 30.9. The Labute approximate surface area is 271 Å². The van der Waals surface area contributed by atoms with Gasteiger partial charge in [0.2, 0.25) is 0 Å². The number of rotatable bonds is 14. The van der Waals surface area contributed by atoms with Gasteiger partial charge >= 0.3 is 0 Å². The summed E-state index contributed by atoms with van der Waals surface area (Å²) in [5, 5.41) is 11.5. The SMILES string of the molecule is CCN(CC)CCCN1C(=O)C(=O)/C(=C(\O)c2ccc(OCc3ccc(C)cc3)cc2)C1c1ccc(OCc2ccccc2)cc1. The van der Waals surface area contributed by atoms with Gasteiger partial charge in [-0.05, 0) is 86.1 Å². The average molecular weight is 619 g/mol. The largest absolute Gasteiger partial charge is 0.507 e. The lowest BCUT2D eigenvalue weighted by atomic mass is 9.95. The van der Waals surface area contributed by atoms with E-state index in [2.05, 4.69) is 18.7 Å². The molecule has 0 aliphatic carbocycles. The fraction of sp³-hybridized carbons (Fsp3) is 0.282. The van der Waals surface area contributed by atoms with Crippen LogP contribution in [-0.4, -0.2) is 52.8 Å². The normalized spacial score (nSPS) is 15.8. The van der Waals surface area contributed by atoms with Crippen molar-refractivity contribution in [1.29, 1.82) is 0 Å². The quantitative estimate of drug-likeness (QED) is 0.0908. The van der Waals surface area contributed by atoms with Crippen molar-refractivity contribution in [2.24, 2.45) is 0 Å². The molecule has 1 heterocycles. The number of aliphatic hydroxyl groups excluding tert-OH is 1. The number of hydrogen-bond donors (Lipinski definition) is 1. The summed E-state index contributed by atoms with van der Waals surface area (Å²) >= 11 is 0. The van der Waals surface area contributed by atoms with Crippen LogP contribution in [-0.2, 0) is 22.8 Å². The van der Waals surface area contributed by atoms with Crippen molar-refractivity contribution in [1.82, 2.24) is 9.80 Å². The molecule has 0 saturated carbocycles. The van der Waals surface area contributed by atoms with Gasteiger partial charge in [-0.15, -0.1) is 0 Å². The topological polar surface area (TPSA) is 79.3 Å². The van der Waals surface area contributed by atoms with Crippen LogP contribution >= 0.6 is 0 Å². The van der Waals surface area contributed by atoms with Crippen molar-refractivity contribution in [3.8, 4) is 11.5 Å². The van der Waals surface area contributed by atoms with Crippen molar-refractivity contribution in [3.05, 3.63) is 137 Å². The number of hydrogen-bond acceptors (Lipinski definition) is 6. The standard InChI is InChI=1S/C39H42N2O5/c1-4-40(5-2)24-9-25-41-36(31-16-20-33(21-17-31)45-26-29-10-7-6-8-11-29)35(38(43)39(41)44)37(42)32-18-22-34(23-19-32)46-27-30-14-12-28(3)13-15-30/h6-8,10-23,36,42H,4-5,9,24-27H2,1-3H3/b37-35-. The van der Waals surface area contributed by atoms with Gasteiger partial charge < -0.3 is 24.4 Å². The molecule has 1 saturated heterocycles. The van der Waals surface area contributed by atoms with Crippen LogP contribution < -0.4 is 9.47 Å². The molecule has 46 heavy (non-hydrogen) atoms. The van der Waals surface area contributed by atoms with Crippen LogP contribution in [0.25, 0.3) is 5.76 Å². The number of carbonyl (C=O) groups is 2. The van der Waals surface area contributed by atoms with Crippen LogP contribution in [0.3, 0.4) is 0 Å². The average Bonchev–Trinajstić information content (AvgIpc) is 3.34. The number of ketones is 1. The lowest BCUT2D eigenvalue weighted by molar-refractivity contribution is -0.140. The van der Waals surface area contributed by atoms with Gasteiger partial charge in [-0.25, -0.2) is 0 Å². The van der Waals surface area contributed by atoms with E-state index >= 15 is 0 Å². The molecule has 1 aliphatic heterocycles. The van der Waals surface area contributed by atoms with Crippen molar-refractivity contribution >= 4 is 17.4 Å². The number of amides is 1. The summed E-state index contributed by atoms with van der Waals surface area (Å²) in [6, 6.07) is 31.7. The third kappa shape index (κ3) is 7.85. The van der Waals surface area contributed by atoms with Crippen LogP contribution in [0.1, 0.15) is 54.1 Å². The molecule has 1 atom stereocenters. The molecule has 1 fully saturated rings. The molecule has 1 unspecified atom stereocenters. The van der Waals surface area contributed by atoms with Crippen LogP contribution in [0.15, 0.2) is 109 Å². The fourth-order valence-corrected chi connectivity index (χ4v) is 5.66. The van der Waals surface area contributed by atoms with E-state index in [-0.39, 0.29) is 11.3 Å². The maximum absolute atomic E-state index is 13.5. The second-order valence-electron chi connectivity index (χ2n) is 11.5. The Bertz CT molecular complexity index is 1630. The minimum atomic E-state index is -0.725. The number of aliphatic hydroxyl groups is 1. The molecule has 0 aromatic heterocycles. The van der Waals surface area contributed by atoms with Crippen molar-refractivity contribution in [2.75, 3.05) is 26.2 Å². The highest BCUT2D eigenvalue weighted by molar-refractivity contribution is 6.46. The fourth-order valence-electron chi connectivity index (χ4n) is 5.66. The van der Waals surface area contributed by atoms with Crippen LogP contribution in [0.4, 0.5) is 0 Å². The predicted molar refractivity (Wildman–Crippen MR) is 181 cm³/mol. The Hall–Kier alpha value is -4.88. The number of Topliss-reactive ketones (excluding diaryl/α,β-unsaturated/α-hetero) is 1. The van der Waals surface area contributed by atoms with Crippen LogP contribution in [0.2, 0.25) is 0 Å². The second-order valence-corrected chi connectivity index (χ2v) is 11.5. The summed E-state index contributed by atoms with van der Waals surface area (Å²) in [5.74, 6) is -0.184. The second kappa shape index (κ2) is 15.4. The first-order valence-corrected chi connectivity index (χ1v) is 15.9. The van der Waals surface area contributed by atoms with Gasteiger partial charge in [0.15, 0.2) is 0 Å². The summed E-state index contributed by atoms with van der Waals surface area (Å²) < 4.78 is 11.9. The molecule has 1 aliphatic rings. The minimum absolute atomic E-state index is 0.0825. The van der Waals surface area contributed by atoms with Gasteiger partial charge in [0.05, 0.1) is 11.6 Å². The molecule has 4 aromatic rings. The first-order valence-electron chi connectivity index (χ1n) is 15.9. The van der Waals surface area contributed by atoms with E-state index in [9.17, 15) is 14.7 Å². The molecule has 5 rings (SSSR count). The molecular formula is C39H42N2O5. The Morgan fingerprint density at radius 1 is 0.761 bits per heavy atom. The zero-order chi connectivity index (χ0) is 32.5. The van der Waals surface area contributed by atoms with Gasteiger partial charge in [0.25, 0.3) is 11.7 Å². The number of likely N-dealkylation sites (tertiary alicyclic amines) is 1. The van der Waals surface area contributed by atoms with Crippen molar-refractivity contribution < 1.29 is 24.2 Å². The number of carbonyl (C=O) groups excluding carboxylic acids is 2. The zero-order valence-electron chi connectivity index (χ0n) is 26.8. The highest BCUT2D eigenvalue weighted by Gasteiger charge is 2.45. The van der Waals surface area contributed by atoms with Gasteiger partial charge in [-0.3, -0.25) is 9.59 Å². The zero-order valence-corrected chi connectivity index (χ0v) is 26.8. The van der Waals surface area contributed by atoms with Gasteiger partial charge in [-0.2, -0.15) is 0 Å². The minimum Gasteiger partial charge on any atom is -0.507 e.